The van der Waals surface area contributed by atoms with Gasteiger partial charge >= 0.3 is 0 Å². The average Bonchev–Trinajstić information content (AvgIpc) is 2.64. The van der Waals surface area contributed by atoms with Gasteiger partial charge in [0.2, 0.25) is 0 Å². The van der Waals surface area contributed by atoms with Gasteiger partial charge in [0, 0.05) is 4.47 Å². The molecule has 0 amide bonds. The second-order valence-corrected chi connectivity index (χ2v) is 7.28. The van der Waals surface area contributed by atoms with E-state index in [0.29, 0.717) is 5.92 Å². The second kappa shape index (κ2) is 6.63. The Morgan fingerprint density at radius 1 is 1.05 bits per heavy atom. The van der Waals surface area contributed by atoms with E-state index in [9.17, 15) is 0 Å². The Hall–Kier alpha value is -0.0100. The van der Waals surface area contributed by atoms with Crippen molar-refractivity contribution in [3.63, 3.8) is 0 Å². The number of benzene rings is 1. The first-order chi connectivity index (χ1) is 9.02. The molecule has 1 aliphatic carbocycles. The van der Waals surface area contributed by atoms with E-state index >= 15 is 0 Å². The molecule has 2 heteroatoms. The molecule has 0 bridgehead atoms. The maximum atomic E-state index is 6.87. The minimum atomic E-state index is 0.176. The summed E-state index contributed by atoms with van der Waals surface area (Å²) in [5, 5.41) is 0.176. The molecule has 1 atom stereocenters. The highest BCUT2D eigenvalue weighted by molar-refractivity contribution is 9.10. The number of aryl methyl sites for hydroxylation is 2. The van der Waals surface area contributed by atoms with Crippen molar-refractivity contribution in [3.05, 3.63) is 32.8 Å². The van der Waals surface area contributed by atoms with Crippen LogP contribution in [0.2, 0.25) is 0 Å². The van der Waals surface area contributed by atoms with Crippen LogP contribution in [0.1, 0.15) is 66.2 Å². The SMILES string of the molecule is Cc1cc(C)c(C(Cl)C2CCCCCC2)c(C)c1Br. The molecule has 1 aromatic carbocycles. The van der Waals surface area contributed by atoms with Gasteiger partial charge in [-0.05, 0) is 61.8 Å². The smallest absolute Gasteiger partial charge is 0.0618 e. The summed E-state index contributed by atoms with van der Waals surface area (Å²) in [5.74, 6) is 0.649. The van der Waals surface area contributed by atoms with E-state index < -0.39 is 0 Å². The fourth-order valence-corrected chi connectivity index (χ4v) is 4.36. The summed E-state index contributed by atoms with van der Waals surface area (Å²) in [6.07, 6.45) is 8.04. The Labute approximate surface area is 131 Å². The van der Waals surface area contributed by atoms with Gasteiger partial charge in [-0.15, -0.1) is 11.6 Å². The summed E-state index contributed by atoms with van der Waals surface area (Å²) in [4.78, 5) is 0. The minimum absolute atomic E-state index is 0.176. The summed E-state index contributed by atoms with van der Waals surface area (Å²) < 4.78 is 1.23. The van der Waals surface area contributed by atoms with Gasteiger partial charge in [-0.2, -0.15) is 0 Å². The van der Waals surface area contributed by atoms with Gasteiger partial charge in [0.15, 0.2) is 0 Å². The molecule has 0 radical (unpaired) electrons. The highest BCUT2D eigenvalue weighted by Gasteiger charge is 2.25. The lowest BCUT2D eigenvalue weighted by molar-refractivity contribution is 0.443. The van der Waals surface area contributed by atoms with Crippen LogP contribution in [0, 0.1) is 26.7 Å². The number of hydrogen-bond donors (Lipinski definition) is 0. The van der Waals surface area contributed by atoms with Crippen LogP contribution in [0.25, 0.3) is 0 Å². The summed E-state index contributed by atoms with van der Waals surface area (Å²) in [5.41, 5.74) is 5.36. The van der Waals surface area contributed by atoms with Crippen molar-refractivity contribution >= 4 is 27.5 Å². The van der Waals surface area contributed by atoms with Crippen LogP contribution in [0.3, 0.4) is 0 Å². The zero-order chi connectivity index (χ0) is 14.0. The molecule has 0 spiro atoms. The third-order valence-corrected chi connectivity index (χ3v) is 6.32. The lowest BCUT2D eigenvalue weighted by Crippen LogP contribution is -2.11. The van der Waals surface area contributed by atoms with E-state index in [1.807, 2.05) is 0 Å². The molecule has 1 fully saturated rings. The van der Waals surface area contributed by atoms with Crippen LogP contribution in [0.4, 0.5) is 0 Å². The van der Waals surface area contributed by atoms with E-state index in [0.717, 1.165) is 0 Å². The van der Waals surface area contributed by atoms with Crippen LogP contribution >= 0.6 is 27.5 Å². The zero-order valence-electron chi connectivity index (χ0n) is 12.2. The summed E-state index contributed by atoms with van der Waals surface area (Å²) in [7, 11) is 0. The van der Waals surface area contributed by atoms with Crippen molar-refractivity contribution < 1.29 is 0 Å². The standard InChI is InChI=1S/C17H24BrCl/c1-11-10-12(2)16(18)13(3)15(11)17(19)14-8-6-4-5-7-9-14/h10,14,17H,4-9H2,1-3H3. The Bertz CT molecular complexity index is 445. The number of alkyl halides is 1. The molecular weight excluding hydrogens is 320 g/mol. The molecule has 0 aliphatic heterocycles. The number of hydrogen-bond acceptors (Lipinski definition) is 0. The third kappa shape index (κ3) is 3.36. The normalized spacial score (nSPS) is 19.2. The molecule has 0 N–H and O–H groups in total. The molecule has 106 valence electrons. The third-order valence-electron chi connectivity index (χ3n) is 4.53. The molecule has 19 heavy (non-hydrogen) atoms. The summed E-state index contributed by atoms with van der Waals surface area (Å²) in [6.45, 7) is 6.56. The predicted octanol–water partition coefficient (Wildman–Crippen LogP) is 6.62. The molecule has 0 saturated heterocycles. The van der Waals surface area contributed by atoms with Crippen molar-refractivity contribution in [1.82, 2.24) is 0 Å². The van der Waals surface area contributed by atoms with Gasteiger partial charge in [-0.1, -0.05) is 47.7 Å². The van der Waals surface area contributed by atoms with Crippen LogP contribution in [0.5, 0.6) is 0 Å². The summed E-state index contributed by atoms with van der Waals surface area (Å²) in [6, 6.07) is 2.26. The highest BCUT2D eigenvalue weighted by atomic mass is 79.9. The van der Waals surface area contributed by atoms with Crippen LogP contribution < -0.4 is 0 Å². The Morgan fingerprint density at radius 2 is 1.63 bits per heavy atom. The first-order valence-corrected chi connectivity index (χ1v) is 8.65. The van der Waals surface area contributed by atoms with Crippen LogP contribution in [-0.4, -0.2) is 0 Å². The predicted molar refractivity (Wildman–Crippen MR) is 88.1 cm³/mol. The lowest BCUT2D eigenvalue weighted by atomic mass is 9.87. The van der Waals surface area contributed by atoms with E-state index in [1.165, 1.54) is 65.3 Å². The lowest BCUT2D eigenvalue weighted by Gasteiger charge is -2.25. The summed E-state index contributed by atoms with van der Waals surface area (Å²) >= 11 is 10.6. The largest absolute Gasteiger partial charge is 0.118 e. The van der Waals surface area contributed by atoms with Gasteiger partial charge in [0.25, 0.3) is 0 Å². The topological polar surface area (TPSA) is 0 Å². The van der Waals surface area contributed by atoms with Crippen molar-refractivity contribution in [2.75, 3.05) is 0 Å². The van der Waals surface area contributed by atoms with Crippen molar-refractivity contribution in [2.45, 2.75) is 64.7 Å². The van der Waals surface area contributed by atoms with E-state index in [4.69, 9.17) is 11.6 Å². The van der Waals surface area contributed by atoms with Gasteiger partial charge in [-0.25, -0.2) is 0 Å². The van der Waals surface area contributed by atoms with Gasteiger partial charge < -0.3 is 0 Å². The Morgan fingerprint density at radius 3 is 2.21 bits per heavy atom. The molecule has 0 nitrogen and oxygen atoms in total. The van der Waals surface area contributed by atoms with Crippen molar-refractivity contribution in [2.24, 2.45) is 5.92 Å². The van der Waals surface area contributed by atoms with E-state index in [2.05, 4.69) is 42.8 Å². The molecule has 1 unspecified atom stereocenters. The molecule has 0 heterocycles. The molecular formula is C17H24BrCl. The molecule has 1 aromatic rings. The number of rotatable bonds is 2. The van der Waals surface area contributed by atoms with Crippen molar-refractivity contribution in [3.8, 4) is 0 Å². The fourth-order valence-electron chi connectivity index (χ4n) is 3.44. The quantitative estimate of drug-likeness (QED) is 0.418. The highest BCUT2D eigenvalue weighted by Crippen LogP contribution is 2.42. The maximum absolute atomic E-state index is 6.87. The van der Waals surface area contributed by atoms with Crippen LogP contribution in [-0.2, 0) is 0 Å². The minimum Gasteiger partial charge on any atom is -0.118 e. The molecule has 0 aromatic heterocycles. The Balaban J connectivity index is 2.32. The second-order valence-electron chi connectivity index (χ2n) is 6.02. The van der Waals surface area contributed by atoms with Gasteiger partial charge in [-0.3, -0.25) is 0 Å². The average molecular weight is 344 g/mol. The molecule has 2 rings (SSSR count). The first kappa shape index (κ1) is 15.4. The maximum Gasteiger partial charge on any atom is 0.0618 e. The fraction of sp³-hybridized carbons (Fsp3) is 0.647. The molecule has 1 saturated carbocycles. The Kier molecular flexibility index (Phi) is 5.37. The van der Waals surface area contributed by atoms with Gasteiger partial charge in [0.05, 0.1) is 5.38 Å². The van der Waals surface area contributed by atoms with Crippen LogP contribution in [0.15, 0.2) is 10.5 Å². The van der Waals surface area contributed by atoms with E-state index in [1.54, 1.807) is 0 Å². The van der Waals surface area contributed by atoms with Gasteiger partial charge in [0.1, 0.15) is 0 Å². The first-order valence-electron chi connectivity index (χ1n) is 7.42. The zero-order valence-corrected chi connectivity index (χ0v) is 14.6. The van der Waals surface area contributed by atoms with E-state index in [-0.39, 0.29) is 5.38 Å². The van der Waals surface area contributed by atoms with Crippen molar-refractivity contribution in [1.29, 1.82) is 0 Å². The molecule has 1 aliphatic rings. The monoisotopic (exact) mass is 342 g/mol. The number of halogens is 2.